The summed E-state index contributed by atoms with van der Waals surface area (Å²) in [6, 6.07) is 16.0. The lowest BCUT2D eigenvalue weighted by atomic mass is 9.81. The van der Waals surface area contributed by atoms with Gasteiger partial charge in [-0.05, 0) is 49.1 Å². The molecule has 2 amide bonds. The molecule has 1 N–H and O–H groups in total. The minimum atomic E-state index is -0.809. The number of carbonyl (C=O) groups excluding carboxylic acids is 2. The van der Waals surface area contributed by atoms with Gasteiger partial charge in [0.25, 0.3) is 11.8 Å². The Hall–Kier alpha value is -3.15. The molecular weight excluding hydrogens is 368 g/mol. The second-order valence-corrected chi connectivity index (χ2v) is 8.02. The van der Waals surface area contributed by atoms with Gasteiger partial charge < -0.3 is 14.9 Å². The van der Waals surface area contributed by atoms with Gasteiger partial charge in [0.2, 0.25) is 0 Å². The van der Waals surface area contributed by atoms with Gasteiger partial charge in [0.05, 0.1) is 5.41 Å². The van der Waals surface area contributed by atoms with Crippen molar-refractivity contribution in [2.45, 2.75) is 19.3 Å². The number of likely N-dealkylation sites (tertiary alicyclic amines) is 1. The first-order valence-corrected chi connectivity index (χ1v) is 9.88. The predicted octanol–water partition coefficient (Wildman–Crippen LogP) is 3.29. The summed E-state index contributed by atoms with van der Waals surface area (Å²) < 4.78 is 0. The molecule has 2 fully saturated rings. The summed E-state index contributed by atoms with van der Waals surface area (Å²) in [5.74, 6) is -1.20. The number of nitrogens with zero attached hydrogens (tertiary/aromatic N) is 2. The molecule has 1 saturated heterocycles. The molecule has 6 heteroatoms. The van der Waals surface area contributed by atoms with Crippen LogP contribution in [-0.2, 0) is 4.79 Å². The molecule has 1 heterocycles. The molecule has 4 rings (SSSR count). The lowest BCUT2D eigenvalue weighted by Crippen LogP contribution is -2.37. The molecule has 2 aromatic carbocycles. The van der Waals surface area contributed by atoms with E-state index in [9.17, 15) is 19.5 Å². The maximum atomic E-state index is 13.1. The third-order valence-electron chi connectivity index (χ3n) is 6.39. The standard InChI is InChI=1S/C23H24N2O4/c1-24(19-10-3-2-4-11-19)20(26)16-7-5-8-17(13-16)21(27)25-14-18-9-6-12-23(18,15-25)22(28)29/h2-5,7-8,10-11,13,18H,6,9,12,14-15H2,1H3,(H,28,29)/t18-,23+/m0/s1. The van der Waals surface area contributed by atoms with Gasteiger partial charge in [0, 0.05) is 37.0 Å². The lowest BCUT2D eigenvalue weighted by molar-refractivity contribution is -0.149. The summed E-state index contributed by atoms with van der Waals surface area (Å²) in [6.45, 7) is 0.709. The fourth-order valence-corrected chi connectivity index (χ4v) is 4.72. The number of fused-ring (bicyclic) bond motifs is 1. The van der Waals surface area contributed by atoms with E-state index in [4.69, 9.17) is 0 Å². The highest BCUT2D eigenvalue weighted by Crippen LogP contribution is 2.49. The number of rotatable bonds is 4. The largest absolute Gasteiger partial charge is 0.481 e. The fraction of sp³-hybridized carbons (Fsp3) is 0.348. The Morgan fingerprint density at radius 1 is 1.07 bits per heavy atom. The van der Waals surface area contributed by atoms with E-state index in [1.807, 2.05) is 30.3 Å². The van der Waals surface area contributed by atoms with Crippen molar-refractivity contribution in [1.82, 2.24) is 4.90 Å². The van der Waals surface area contributed by atoms with Crippen LogP contribution in [-0.4, -0.2) is 47.9 Å². The van der Waals surface area contributed by atoms with Crippen molar-refractivity contribution in [3.05, 3.63) is 65.7 Å². The minimum absolute atomic E-state index is 0.0120. The van der Waals surface area contributed by atoms with Crippen LogP contribution >= 0.6 is 0 Å². The van der Waals surface area contributed by atoms with Crippen LogP contribution in [0.3, 0.4) is 0 Å². The average Bonchev–Trinajstić information content (AvgIpc) is 3.32. The van der Waals surface area contributed by atoms with Crippen molar-refractivity contribution in [3.8, 4) is 0 Å². The van der Waals surface area contributed by atoms with Crippen LogP contribution in [0.5, 0.6) is 0 Å². The molecule has 1 aliphatic carbocycles. The average molecular weight is 392 g/mol. The van der Waals surface area contributed by atoms with Gasteiger partial charge in [-0.3, -0.25) is 14.4 Å². The number of carboxylic acids is 1. The second-order valence-electron chi connectivity index (χ2n) is 8.02. The quantitative estimate of drug-likeness (QED) is 0.866. The number of anilines is 1. The molecular formula is C23H24N2O4. The number of hydrogen-bond acceptors (Lipinski definition) is 3. The molecule has 1 saturated carbocycles. The van der Waals surface area contributed by atoms with E-state index in [0.717, 1.165) is 18.5 Å². The summed E-state index contributed by atoms with van der Waals surface area (Å²) >= 11 is 0. The maximum absolute atomic E-state index is 13.1. The molecule has 1 aliphatic heterocycles. The molecule has 6 nitrogen and oxygen atoms in total. The number of para-hydroxylation sites is 1. The Balaban J connectivity index is 1.54. The van der Waals surface area contributed by atoms with Gasteiger partial charge in [-0.15, -0.1) is 0 Å². The third-order valence-corrected chi connectivity index (χ3v) is 6.39. The molecule has 0 radical (unpaired) electrons. The molecule has 0 unspecified atom stereocenters. The summed E-state index contributed by atoms with van der Waals surface area (Å²) in [7, 11) is 1.70. The zero-order chi connectivity index (χ0) is 20.6. The van der Waals surface area contributed by atoms with Crippen molar-refractivity contribution < 1.29 is 19.5 Å². The highest BCUT2D eigenvalue weighted by atomic mass is 16.4. The van der Waals surface area contributed by atoms with Gasteiger partial charge >= 0.3 is 5.97 Å². The Labute approximate surface area is 169 Å². The van der Waals surface area contributed by atoms with E-state index < -0.39 is 11.4 Å². The van der Waals surface area contributed by atoms with E-state index >= 15 is 0 Å². The number of hydrogen-bond donors (Lipinski definition) is 1. The van der Waals surface area contributed by atoms with Gasteiger partial charge in [0.15, 0.2) is 0 Å². The monoisotopic (exact) mass is 392 g/mol. The Bertz CT molecular complexity index is 958. The van der Waals surface area contributed by atoms with Crippen molar-refractivity contribution in [3.63, 3.8) is 0 Å². The van der Waals surface area contributed by atoms with Crippen LogP contribution < -0.4 is 4.90 Å². The van der Waals surface area contributed by atoms with Crippen LogP contribution in [0.25, 0.3) is 0 Å². The van der Waals surface area contributed by atoms with E-state index in [0.29, 0.717) is 24.1 Å². The van der Waals surface area contributed by atoms with Gasteiger partial charge in [-0.25, -0.2) is 0 Å². The number of carbonyl (C=O) groups is 3. The van der Waals surface area contributed by atoms with E-state index in [1.54, 1.807) is 41.1 Å². The van der Waals surface area contributed by atoms with Gasteiger partial charge in [-0.1, -0.05) is 30.7 Å². The molecule has 2 aromatic rings. The molecule has 150 valence electrons. The van der Waals surface area contributed by atoms with E-state index in [1.165, 1.54) is 0 Å². The van der Waals surface area contributed by atoms with Crippen LogP contribution in [0.4, 0.5) is 5.69 Å². The highest BCUT2D eigenvalue weighted by Gasteiger charge is 2.55. The molecule has 0 bridgehead atoms. The second kappa shape index (κ2) is 7.35. The minimum Gasteiger partial charge on any atom is -0.481 e. The van der Waals surface area contributed by atoms with E-state index in [2.05, 4.69) is 0 Å². The summed E-state index contributed by atoms with van der Waals surface area (Å²) in [5, 5.41) is 9.74. The zero-order valence-electron chi connectivity index (χ0n) is 16.4. The molecule has 0 aromatic heterocycles. The Morgan fingerprint density at radius 2 is 1.79 bits per heavy atom. The SMILES string of the molecule is CN(C(=O)c1cccc(C(=O)N2C[C@@H]3CCC[C@@]3(C(=O)O)C2)c1)c1ccccc1. The molecule has 2 aliphatic rings. The molecule has 29 heavy (non-hydrogen) atoms. The first kappa shape index (κ1) is 19.2. The van der Waals surface area contributed by atoms with Crippen LogP contribution in [0.15, 0.2) is 54.6 Å². The maximum Gasteiger partial charge on any atom is 0.311 e. The van der Waals surface area contributed by atoms with Crippen molar-refractivity contribution in [2.24, 2.45) is 11.3 Å². The summed E-state index contributed by atoms with van der Waals surface area (Å²) in [6.07, 6.45) is 2.36. The van der Waals surface area contributed by atoms with Gasteiger partial charge in [0.1, 0.15) is 0 Å². The smallest absolute Gasteiger partial charge is 0.311 e. The zero-order valence-corrected chi connectivity index (χ0v) is 16.4. The number of benzene rings is 2. The third kappa shape index (κ3) is 3.28. The topological polar surface area (TPSA) is 77.9 Å². The molecule has 0 spiro atoms. The van der Waals surface area contributed by atoms with Crippen LogP contribution in [0.2, 0.25) is 0 Å². The number of amides is 2. The summed E-state index contributed by atoms with van der Waals surface area (Å²) in [5.41, 5.74) is 0.800. The van der Waals surface area contributed by atoms with Crippen molar-refractivity contribution >= 4 is 23.5 Å². The fourth-order valence-electron chi connectivity index (χ4n) is 4.72. The van der Waals surface area contributed by atoms with Crippen LogP contribution in [0.1, 0.15) is 40.0 Å². The van der Waals surface area contributed by atoms with Crippen molar-refractivity contribution in [2.75, 3.05) is 25.0 Å². The van der Waals surface area contributed by atoms with Gasteiger partial charge in [-0.2, -0.15) is 0 Å². The highest BCUT2D eigenvalue weighted by molar-refractivity contribution is 6.07. The Kier molecular flexibility index (Phi) is 4.86. The van der Waals surface area contributed by atoms with Crippen LogP contribution in [0, 0.1) is 11.3 Å². The first-order valence-electron chi connectivity index (χ1n) is 9.88. The van der Waals surface area contributed by atoms with Crippen molar-refractivity contribution in [1.29, 1.82) is 0 Å². The Morgan fingerprint density at radius 3 is 2.48 bits per heavy atom. The lowest BCUT2D eigenvalue weighted by Gasteiger charge is -2.23. The number of aliphatic carboxylic acids is 1. The first-order chi connectivity index (χ1) is 13.9. The molecule has 2 atom stereocenters. The van der Waals surface area contributed by atoms with E-state index in [-0.39, 0.29) is 24.3 Å². The number of carboxylic acid groups (broad SMARTS) is 1. The summed E-state index contributed by atoms with van der Waals surface area (Å²) in [4.78, 5) is 41.0. The normalized spacial score (nSPS) is 22.9. The predicted molar refractivity (Wildman–Crippen MR) is 109 cm³/mol.